The fraction of sp³-hybridized carbons (Fsp3) is 0.571. The molecule has 4 nitrogen and oxygen atoms in total. The summed E-state index contributed by atoms with van der Waals surface area (Å²) >= 11 is 0. The molecule has 0 saturated heterocycles. The van der Waals surface area contributed by atoms with Crippen molar-refractivity contribution in [1.82, 2.24) is 4.90 Å². The fourth-order valence-electron chi connectivity index (χ4n) is 1.85. The molecule has 0 aliphatic carbocycles. The second-order valence-electron chi connectivity index (χ2n) is 4.33. The van der Waals surface area contributed by atoms with Crippen LogP contribution in [0.2, 0.25) is 0 Å². The van der Waals surface area contributed by atoms with Crippen LogP contribution in [0.25, 0.3) is 0 Å². The molecule has 2 N–H and O–H groups in total. The summed E-state index contributed by atoms with van der Waals surface area (Å²) in [5, 5.41) is 0. The predicted octanol–water partition coefficient (Wildman–Crippen LogP) is 1.66. The number of nitrogens with zero attached hydrogens (tertiary/aromatic N) is 1. The summed E-state index contributed by atoms with van der Waals surface area (Å²) in [6, 6.07) is 7.91. The van der Waals surface area contributed by atoms with Gasteiger partial charge in [-0.05, 0) is 20.0 Å². The molecule has 1 aromatic carbocycles. The summed E-state index contributed by atoms with van der Waals surface area (Å²) in [4.78, 5) is 2.16. The molecule has 0 saturated carbocycles. The van der Waals surface area contributed by atoms with Crippen molar-refractivity contribution in [3.05, 3.63) is 29.8 Å². The minimum Gasteiger partial charge on any atom is -0.494 e. The highest BCUT2D eigenvalue weighted by Gasteiger charge is 2.13. The predicted molar refractivity (Wildman–Crippen MR) is 73.9 cm³/mol. The Balaban J connectivity index is 2.62. The van der Waals surface area contributed by atoms with E-state index in [-0.39, 0.29) is 6.04 Å². The van der Waals surface area contributed by atoms with Gasteiger partial charge in [0.2, 0.25) is 0 Å². The first-order valence-electron chi connectivity index (χ1n) is 6.33. The number of benzene rings is 1. The average molecular weight is 252 g/mol. The van der Waals surface area contributed by atoms with Crippen molar-refractivity contribution in [1.29, 1.82) is 0 Å². The molecule has 0 spiro atoms. The van der Waals surface area contributed by atoms with E-state index in [0.29, 0.717) is 6.61 Å². The van der Waals surface area contributed by atoms with E-state index in [1.54, 1.807) is 7.11 Å². The zero-order valence-corrected chi connectivity index (χ0v) is 11.6. The van der Waals surface area contributed by atoms with Gasteiger partial charge < -0.3 is 20.1 Å². The van der Waals surface area contributed by atoms with E-state index in [1.807, 2.05) is 38.2 Å². The summed E-state index contributed by atoms with van der Waals surface area (Å²) in [6.45, 7) is 5.01. The van der Waals surface area contributed by atoms with Crippen molar-refractivity contribution in [2.75, 3.05) is 40.5 Å². The maximum atomic E-state index is 6.24. The van der Waals surface area contributed by atoms with Gasteiger partial charge in [-0.2, -0.15) is 0 Å². The van der Waals surface area contributed by atoms with Gasteiger partial charge in [0.15, 0.2) is 0 Å². The number of para-hydroxylation sites is 1. The Kier molecular flexibility index (Phi) is 6.72. The van der Waals surface area contributed by atoms with Crippen LogP contribution in [0.4, 0.5) is 0 Å². The molecule has 1 atom stereocenters. The monoisotopic (exact) mass is 252 g/mol. The standard InChI is InChI=1S/C14H24N2O2/c1-4-18-14-8-6-5-7-12(14)13(15)11-16(2)9-10-17-3/h5-8,13H,4,9-11,15H2,1-3H3. The van der Waals surface area contributed by atoms with Crippen LogP contribution < -0.4 is 10.5 Å². The topological polar surface area (TPSA) is 47.7 Å². The minimum atomic E-state index is -0.0467. The molecule has 18 heavy (non-hydrogen) atoms. The highest BCUT2D eigenvalue weighted by Crippen LogP contribution is 2.23. The molecule has 0 aliphatic heterocycles. The molecular formula is C14H24N2O2. The number of likely N-dealkylation sites (N-methyl/N-ethyl adjacent to an activating group) is 1. The first kappa shape index (κ1) is 15.0. The smallest absolute Gasteiger partial charge is 0.124 e. The molecule has 0 aliphatic rings. The Morgan fingerprint density at radius 2 is 2.06 bits per heavy atom. The van der Waals surface area contributed by atoms with Crippen molar-refractivity contribution in [2.24, 2.45) is 5.73 Å². The van der Waals surface area contributed by atoms with Gasteiger partial charge in [0.1, 0.15) is 5.75 Å². The lowest BCUT2D eigenvalue weighted by atomic mass is 10.1. The zero-order valence-electron chi connectivity index (χ0n) is 11.6. The molecule has 1 unspecified atom stereocenters. The lowest BCUT2D eigenvalue weighted by molar-refractivity contribution is 0.158. The van der Waals surface area contributed by atoms with Crippen LogP contribution in [0.3, 0.4) is 0 Å². The van der Waals surface area contributed by atoms with Gasteiger partial charge in [0, 0.05) is 31.8 Å². The van der Waals surface area contributed by atoms with Gasteiger partial charge in [0.25, 0.3) is 0 Å². The molecule has 1 rings (SSSR count). The SMILES string of the molecule is CCOc1ccccc1C(N)CN(C)CCOC. The Morgan fingerprint density at radius 1 is 1.33 bits per heavy atom. The van der Waals surface area contributed by atoms with Crippen LogP contribution in [0, 0.1) is 0 Å². The molecule has 4 heteroatoms. The molecule has 102 valence electrons. The van der Waals surface area contributed by atoms with E-state index in [1.165, 1.54) is 0 Å². The van der Waals surface area contributed by atoms with Crippen LogP contribution in [0.1, 0.15) is 18.5 Å². The van der Waals surface area contributed by atoms with Crippen LogP contribution in [-0.4, -0.2) is 45.4 Å². The van der Waals surface area contributed by atoms with E-state index in [9.17, 15) is 0 Å². The fourth-order valence-corrected chi connectivity index (χ4v) is 1.85. The van der Waals surface area contributed by atoms with Gasteiger partial charge in [0.05, 0.1) is 13.2 Å². The van der Waals surface area contributed by atoms with Crippen molar-refractivity contribution in [2.45, 2.75) is 13.0 Å². The van der Waals surface area contributed by atoms with Gasteiger partial charge in [-0.25, -0.2) is 0 Å². The molecular weight excluding hydrogens is 228 g/mol. The summed E-state index contributed by atoms with van der Waals surface area (Å²) < 4.78 is 10.7. The summed E-state index contributed by atoms with van der Waals surface area (Å²) in [6.07, 6.45) is 0. The first-order valence-corrected chi connectivity index (χ1v) is 6.33. The Bertz CT molecular complexity index is 344. The van der Waals surface area contributed by atoms with Crippen LogP contribution in [0.5, 0.6) is 5.75 Å². The second kappa shape index (κ2) is 8.08. The second-order valence-corrected chi connectivity index (χ2v) is 4.33. The maximum Gasteiger partial charge on any atom is 0.124 e. The maximum absolute atomic E-state index is 6.24. The Hall–Kier alpha value is -1.10. The van der Waals surface area contributed by atoms with Crippen molar-refractivity contribution in [3.63, 3.8) is 0 Å². The summed E-state index contributed by atoms with van der Waals surface area (Å²) in [7, 11) is 3.75. The lowest BCUT2D eigenvalue weighted by Crippen LogP contribution is -2.31. The highest BCUT2D eigenvalue weighted by atomic mass is 16.5. The zero-order chi connectivity index (χ0) is 13.4. The number of methoxy groups -OCH3 is 1. The number of hydrogen-bond acceptors (Lipinski definition) is 4. The third kappa shape index (κ3) is 4.64. The Morgan fingerprint density at radius 3 is 2.72 bits per heavy atom. The molecule has 0 aromatic heterocycles. The van der Waals surface area contributed by atoms with Gasteiger partial charge in [-0.15, -0.1) is 0 Å². The van der Waals surface area contributed by atoms with E-state index in [4.69, 9.17) is 15.2 Å². The molecule has 1 aromatic rings. The van der Waals surface area contributed by atoms with Gasteiger partial charge in [-0.1, -0.05) is 18.2 Å². The number of nitrogens with two attached hydrogens (primary N) is 1. The summed E-state index contributed by atoms with van der Waals surface area (Å²) in [5.41, 5.74) is 7.30. The molecule has 0 fully saturated rings. The van der Waals surface area contributed by atoms with Gasteiger partial charge >= 0.3 is 0 Å². The van der Waals surface area contributed by atoms with Crippen molar-refractivity contribution >= 4 is 0 Å². The first-order chi connectivity index (χ1) is 8.69. The van der Waals surface area contributed by atoms with Crippen LogP contribution >= 0.6 is 0 Å². The summed E-state index contributed by atoms with van der Waals surface area (Å²) in [5.74, 6) is 0.882. The number of hydrogen-bond donors (Lipinski definition) is 1. The highest BCUT2D eigenvalue weighted by molar-refractivity contribution is 5.35. The average Bonchev–Trinajstić information content (AvgIpc) is 2.37. The van der Waals surface area contributed by atoms with Crippen LogP contribution in [-0.2, 0) is 4.74 Å². The third-order valence-electron chi connectivity index (χ3n) is 2.80. The van der Waals surface area contributed by atoms with E-state index >= 15 is 0 Å². The van der Waals surface area contributed by atoms with E-state index < -0.39 is 0 Å². The molecule has 0 bridgehead atoms. The number of rotatable bonds is 8. The molecule has 0 radical (unpaired) electrons. The van der Waals surface area contributed by atoms with Crippen molar-refractivity contribution in [3.8, 4) is 5.75 Å². The Labute approximate surface area is 110 Å². The lowest BCUT2D eigenvalue weighted by Gasteiger charge is -2.22. The number of ether oxygens (including phenoxy) is 2. The normalized spacial score (nSPS) is 12.7. The largest absolute Gasteiger partial charge is 0.494 e. The van der Waals surface area contributed by atoms with E-state index in [2.05, 4.69) is 4.90 Å². The quantitative estimate of drug-likeness (QED) is 0.764. The van der Waals surface area contributed by atoms with Gasteiger partial charge in [-0.3, -0.25) is 0 Å². The minimum absolute atomic E-state index is 0.0467. The molecule has 0 heterocycles. The molecule has 0 amide bonds. The van der Waals surface area contributed by atoms with Crippen molar-refractivity contribution < 1.29 is 9.47 Å². The van der Waals surface area contributed by atoms with E-state index in [0.717, 1.165) is 31.0 Å². The third-order valence-corrected chi connectivity index (χ3v) is 2.80. The van der Waals surface area contributed by atoms with Crippen LogP contribution in [0.15, 0.2) is 24.3 Å².